The molecule has 0 aliphatic carbocycles. The lowest BCUT2D eigenvalue weighted by molar-refractivity contribution is 0.102. The van der Waals surface area contributed by atoms with Crippen molar-refractivity contribution in [1.82, 2.24) is 0 Å². The van der Waals surface area contributed by atoms with E-state index in [1.54, 1.807) is 12.1 Å². The second kappa shape index (κ2) is 5.58. The molecule has 0 spiro atoms. The number of nitrogen functional groups attached to an aromatic ring is 1. The Hall–Kier alpha value is -1.95. The summed E-state index contributed by atoms with van der Waals surface area (Å²) < 4.78 is 27.6. The maximum Gasteiger partial charge on any atom is 0.258 e. The van der Waals surface area contributed by atoms with Gasteiger partial charge in [0.2, 0.25) is 0 Å². The van der Waals surface area contributed by atoms with Crippen LogP contribution in [0, 0.1) is 18.6 Å². The van der Waals surface area contributed by atoms with E-state index in [4.69, 9.17) is 5.73 Å². The van der Waals surface area contributed by atoms with Gasteiger partial charge in [0.15, 0.2) is 5.82 Å². The van der Waals surface area contributed by atoms with Gasteiger partial charge in [0, 0.05) is 4.47 Å². The topological polar surface area (TPSA) is 55.1 Å². The molecule has 0 aliphatic rings. The number of benzene rings is 2. The zero-order valence-electron chi connectivity index (χ0n) is 10.5. The first-order chi connectivity index (χ1) is 9.38. The van der Waals surface area contributed by atoms with Crippen LogP contribution in [0.3, 0.4) is 0 Å². The predicted octanol–water partition coefficient (Wildman–Crippen LogP) is 3.87. The number of aryl methyl sites for hydroxylation is 1. The van der Waals surface area contributed by atoms with Crippen LogP contribution in [0.15, 0.2) is 34.8 Å². The Kier molecular flexibility index (Phi) is 4.04. The first kappa shape index (κ1) is 14.5. The van der Waals surface area contributed by atoms with Crippen molar-refractivity contribution in [1.29, 1.82) is 0 Å². The number of carbonyl (C=O) groups is 1. The van der Waals surface area contributed by atoms with E-state index in [9.17, 15) is 13.6 Å². The molecule has 0 aliphatic heterocycles. The maximum atomic E-state index is 13.8. The number of nitrogens with two attached hydrogens (primary N) is 1. The molecule has 2 aromatic carbocycles. The van der Waals surface area contributed by atoms with Crippen LogP contribution < -0.4 is 11.1 Å². The van der Waals surface area contributed by atoms with Gasteiger partial charge in [-0.25, -0.2) is 8.78 Å². The summed E-state index contributed by atoms with van der Waals surface area (Å²) >= 11 is 3.27. The number of nitrogens with one attached hydrogen (secondary N) is 1. The largest absolute Gasteiger partial charge is 0.396 e. The SMILES string of the molecule is Cc1ccc(Br)c(NC(=O)c2cc(F)cc(N)c2F)c1. The quantitative estimate of drug-likeness (QED) is 0.815. The summed E-state index contributed by atoms with van der Waals surface area (Å²) in [5.74, 6) is -2.47. The molecular weight excluding hydrogens is 330 g/mol. The zero-order valence-corrected chi connectivity index (χ0v) is 12.1. The smallest absolute Gasteiger partial charge is 0.258 e. The van der Waals surface area contributed by atoms with Gasteiger partial charge >= 0.3 is 0 Å². The van der Waals surface area contributed by atoms with Gasteiger partial charge in [-0.1, -0.05) is 6.07 Å². The molecule has 0 atom stereocenters. The Morgan fingerprint density at radius 2 is 1.95 bits per heavy atom. The van der Waals surface area contributed by atoms with Crippen molar-refractivity contribution in [3.63, 3.8) is 0 Å². The van der Waals surface area contributed by atoms with Gasteiger partial charge in [-0.15, -0.1) is 0 Å². The Morgan fingerprint density at radius 1 is 1.25 bits per heavy atom. The molecule has 0 fully saturated rings. The minimum Gasteiger partial charge on any atom is -0.396 e. The molecule has 0 unspecified atom stereocenters. The lowest BCUT2D eigenvalue weighted by atomic mass is 10.1. The Balaban J connectivity index is 2.35. The second-order valence-corrected chi connectivity index (χ2v) is 5.15. The van der Waals surface area contributed by atoms with Crippen LogP contribution in [-0.2, 0) is 0 Å². The highest BCUT2D eigenvalue weighted by Gasteiger charge is 2.17. The molecule has 2 aromatic rings. The molecule has 0 radical (unpaired) electrons. The second-order valence-electron chi connectivity index (χ2n) is 4.29. The summed E-state index contributed by atoms with van der Waals surface area (Å²) in [5, 5.41) is 2.51. The fourth-order valence-electron chi connectivity index (χ4n) is 1.70. The van der Waals surface area contributed by atoms with E-state index in [2.05, 4.69) is 21.2 Å². The Morgan fingerprint density at radius 3 is 2.65 bits per heavy atom. The lowest BCUT2D eigenvalue weighted by Gasteiger charge is -2.10. The van der Waals surface area contributed by atoms with Crippen molar-refractivity contribution >= 4 is 33.2 Å². The molecule has 0 saturated heterocycles. The van der Waals surface area contributed by atoms with Crippen molar-refractivity contribution in [3.8, 4) is 0 Å². The number of anilines is 2. The average molecular weight is 341 g/mol. The van der Waals surface area contributed by atoms with E-state index in [1.165, 1.54) is 0 Å². The Bertz CT molecular complexity index is 689. The number of carbonyl (C=O) groups excluding carboxylic acids is 1. The molecule has 0 aromatic heterocycles. The molecule has 104 valence electrons. The predicted molar refractivity (Wildman–Crippen MR) is 77.6 cm³/mol. The molecule has 3 nitrogen and oxygen atoms in total. The van der Waals surface area contributed by atoms with Gasteiger partial charge in [-0.2, -0.15) is 0 Å². The van der Waals surface area contributed by atoms with Crippen LogP contribution in [-0.4, -0.2) is 5.91 Å². The summed E-state index contributed by atoms with van der Waals surface area (Å²) in [6.07, 6.45) is 0. The highest BCUT2D eigenvalue weighted by molar-refractivity contribution is 9.10. The third-order valence-electron chi connectivity index (χ3n) is 2.68. The molecule has 0 saturated carbocycles. The van der Waals surface area contributed by atoms with Crippen LogP contribution in [0.25, 0.3) is 0 Å². The van der Waals surface area contributed by atoms with E-state index < -0.39 is 28.8 Å². The standard InChI is InChI=1S/C14H11BrF2N2O/c1-7-2-3-10(15)12(4-7)19-14(20)9-5-8(16)6-11(18)13(9)17/h2-6H,18H2,1H3,(H,19,20). The number of hydrogen-bond acceptors (Lipinski definition) is 2. The van der Waals surface area contributed by atoms with Gasteiger partial charge in [0.25, 0.3) is 5.91 Å². The van der Waals surface area contributed by atoms with Crippen molar-refractivity contribution in [2.45, 2.75) is 6.92 Å². The van der Waals surface area contributed by atoms with Gasteiger partial charge in [-0.3, -0.25) is 4.79 Å². The van der Waals surface area contributed by atoms with E-state index in [0.717, 1.165) is 17.7 Å². The van der Waals surface area contributed by atoms with Crippen LogP contribution in [0.4, 0.5) is 20.2 Å². The van der Waals surface area contributed by atoms with E-state index >= 15 is 0 Å². The normalized spacial score (nSPS) is 10.4. The van der Waals surface area contributed by atoms with Crippen molar-refractivity contribution in [3.05, 3.63) is 57.6 Å². The molecule has 3 N–H and O–H groups in total. The number of halogens is 3. The fourth-order valence-corrected chi connectivity index (χ4v) is 2.05. The van der Waals surface area contributed by atoms with Crippen molar-refractivity contribution in [2.75, 3.05) is 11.1 Å². The molecule has 0 heterocycles. The molecule has 1 amide bonds. The molecular formula is C14H11BrF2N2O. The van der Waals surface area contributed by atoms with Crippen LogP contribution in [0.2, 0.25) is 0 Å². The van der Waals surface area contributed by atoms with E-state index in [1.807, 2.05) is 13.0 Å². The van der Waals surface area contributed by atoms with Crippen LogP contribution in [0.1, 0.15) is 15.9 Å². The average Bonchev–Trinajstić information content (AvgIpc) is 2.38. The lowest BCUT2D eigenvalue weighted by Crippen LogP contribution is -2.15. The molecule has 6 heteroatoms. The zero-order chi connectivity index (χ0) is 14.9. The first-order valence-electron chi connectivity index (χ1n) is 5.70. The third kappa shape index (κ3) is 2.96. The molecule has 20 heavy (non-hydrogen) atoms. The monoisotopic (exact) mass is 340 g/mol. The van der Waals surface area contributed by atoms with E-state index in [0.29, 0.717) is 10.2 Å². The van der Waals surface area contributed by atoms with Crippen molar-refractivity contribution < 1.29 is 13.6 Å². The highest BCUT2D eigenvalue weighted by atomic mass is 79.9. The summed E-state index contributed by atoms with van der Waals surface area (Å²) in [6, 6.07) is 6.95. The minimum atomic E-state index is -0.937. The van der Waals surface area contributed by atoms with Crippen LogP contribution >= 0.6 is 15.9 Å². The van der Waals surface area contributed by atoms with Gasteiger partial charge in [0.05, 0.1) is 16.9 Å². The van der Waals surface area contributed by atoms with Gasteiger partial charge in [0.1, 0.15) is 5.82 Å². The molecule has 0 bridgehead atoms. The fraction of sp³-hybridized carbons (Fsp3) is 0.0714. The highest BCUT2D eigenvalue weighted by Crippen LogP contribution is 2.25. The van der Waals surface area contributed by atoms with Crippen molar-refractivity contribution in [2.24, 2.45) is 0 Å². The Labute approximate surface area is 122 Å². The van der Waals surface area contributed by atoms with Gasteiger partial charge in [-0.05, 0) is 52.7 Å². The first-order valence-corrected chi connectivity index (χ1v) is 6.50. The summed E-state index contributed by atoms with van der Waals surface area (Å²) in [5.41, 5.74) is 5.85. The number of amides is 1. The summed E-state index contributed by atoms with van der Waals surface area (Å²) in [6.45, 7) is 1.85. The summed E-state index contributed by atoms with van der Waals surface area (Å²) in [4.78, 5) is 12.0. The van der Waals surface area contributed by atoms with Gasteiger partial charge < -0.3 is 11.1 Å². The molecule has 2 rings (SSSR count). The van der Waals surface area contributed by atoms with E-state index in [-0.39, 0.29) is 0 Å². The third-order valence-corrected chi connectivity index (χ3v) is 3.37. The number of rotatable bonds is 2. The number of hydrogen-bond donors (Lipinski definition) is 2. The van der Waals surface area contributed by atoms with Crippen LogP contribution in [0.5, 0.6) is 0 Å². The summed E-state index contributed by atoms with van der Waals surface area (Å²) in [7, 11) is 0. The minimum absolute atomic E-state index is 0.404. The maximum absolute atomic E-state index is 13.8.